The van der Waals surface area contributed by atoms with Crippen molar-refractivity contribution in [1.29, 1.82) is 0 Å². The molecule has 30 heavy (non-hydrogen) atoms. The third-order valence-corrected chi connectivity index (χ3v) is 5.83. The highest BCUT2D eigenvalue weighted by Gasteiger charge is 2.24. The summed E-state index contributed by atoms with van der Waals surface area (Å²) in [6, 6.07) is 16.2. The maximum atomic E-state index is 12.9. The van der Waals surface area contributed by atoms with Gasteiger partial charge in [0.25, 0.3) is 5.91 Å². The van der Waals surface area contributed by atoms with Gasteiger partial charge in [-0.3, -0.25) is 4.79 Å². The average Bonchev–Trinajstić information content (AvgIpc) is 2.79. The molecule has 1 fully saturated rings. The first-order valence-corrected chi connectivity index (χ1v) is 10.6. The number of piperidine rings is 1. The lowest BCUT2D eigenvalue weighted by Gasteiger charge is -2.34. The van der Waals surface area contributed by atoms with Crippen LogP contribution in [0.3, 0.4) is 0 Å². The summed E-state index contributed by atoms with van der Waals surface area (Å²) in [5, 5.41) is 13.7. The molecule has 1 atom stereocenters. The second-order valence-corrected chi connectivity index (χ2v) is 7.77. The predicted molar refractivity (Wildman–Crippen MR) is 119 cm³/mol. The van der Waals surface area contributed by atoms with E-state index in [-0.39, 0.29) is 5.91 Å². The molecular weight excluding hydrogens is 376 g/mol. The predicted octanol–water partition coefficient (Wildman–Crippen LogP) is 3.99. The number of nitrogens with zero attached hydrogens (tertiary/aromatic N) is 3. The van der Waals surface area contributed by atoms with Crippen molar-refractivity contribution in [3.05, 3.63) is 59.8 Å². The van der Waals surface area contributed by atoms with E-state index >= 15 is 0 Å². The van der Waals surface area contributed by atoms with Crippen molar-refractivity contribution in [2.45, 2.75) is 38.6 Å². The molecule has 0 radical (unpaired) electrons. The number of amides is 1. The molecule has 6 heteroatoms. The van der Waals surface area contributed by atoms with Gasteiger partial charge < -0.3 is 15.0 Å². The van der Waals surface area contributed by atoms with Gasteiger partial charge >= 0.3 is 0 Å². The molecule has 0 bridgehead atoms. The molecule has 3 aromatic rings. The largest absolute Gasteiger partial charge is 0.496 e. The van der Waals surface area contributed by atoms with Crippen LogP contribution in [0.5, 0.6) is 5.75 Å². The number of nitrogens with one attached hydrogen (secondary N) is 1. The minimum atomic E-state index is -0.202. The fourth-order valence-electron chi connectivity index (χ4n) is 4.19. The Morgan fingerprint density at radius 1 is 1.10 bits per heavy atom. The SMILES string of the molecule is COc1ccccc1CCNC(=O)c1nnc(N2CCCCC2C)c2ccccc12. The normalized spacial score (nSPS) is 16.5. The van der Waals surface area contributed by atoms with Gasteiger partial charge in [0.2, 0.25) is 0 Å². The van der Waals surface area contributed by atoms with Crippen LogP contribution in [-0.4, -0.2) is 42.3 Å². The minimum Gasteiger partial charge on any atom is -0.496 e. The van der Waals surface area contributed by atoms with Gasteiger partial charge in [0.05, 0.1) is 7.11 Å². The zero-order valence-electron chi connectivity index (χ0n) is 17.6. The van der Waals surface area contributed by atoms with Crippen molar-refractivity contribution < 1.29 is 9.53 Å². The fourth-order valence-corrected chi connectivity index (χ4v) is 4.19. The monoisotopic (exact) mass is 404 g/mol. The Kier molecular flexibility index (Phi) is 6.12. The van der Waals surface area contributed by atoms with Crippen LogP contribution in [-0.2, 0) is 6.42 Å². The lowest BCUT2D eigenvalue weighted by atomic mass is 10.0. The average molecular weight is 405 g/mol. The molecule has 1 aromatic heterocycles. The van der Waals surface area contributed by atoms with Crippen LogP contribution in [0.2, 0.25) is 0 Å². The van der Waals surface area contributed by atoms with E-state index in [0.29, 0.717) is 24.7 Å². The van der Waals surface area contributed by atoms with Crippen molar-refractivity contribution >= 4 is 22.5 Å². The van der Waals surface area contributed by atoms with Crippen LogP contribution >= 0.6 is 0 Å². The molecular formula is C24H28N4O2. The summed E-state index contributed by atoms with van der Waals surface area (Å²) >= 11 is 0. The summed E-state index contributed by atoms with van der Waals surface area (Å²) in [5.74, 6) is 1.51. The molecule has 6 nitrogen and oxygen atoms in total. The minimum absolute atomic E-state index is 0.202. The van der Waals surface area contributed by atoms with Gasteiger partial charge in [-0.15, -0.1) is 10.2 Å². The molecule has 1 aliphatic rings. The Morgan fingerprint density at radius 3 is 2.67 bits per heavy atom. The molecule has 1 amide bonds. The summed E-state index contributed by atoms with van der Waals surface area (Å²) in [6.07, 6.45) is 4.24. The molecule has 4 rings (SSSR count). The van der Waals surface area contributed by atoms with E-state index in [1.54, 1.807) is 7.11 Å². The zero-order chi connectivity index (χ0) is 20.9. The number of aromatic nitrogens is 2. The molecule has 0 spiro atoms. The molecule has 2 heterocycles. The lowest BCUT2D eigenvalue weighted by molar-refractivity contribution is 0.0950. The molecule has 1 N–H and O–H groups in total. The summed E-state index contributed by atoms with van der Waals surface area (Å²) < 4.78 is 5.38. The van der Waals surface area contributed by atoms with Crippen molar-refractivity contribution in [3.63, 3.8) is 0 Å². The number of carbonyl (C=O) groups excluding carboxylic acids is 1. The quantitative estimate of drug-likeness (QED) is 0.673. The van der Waals surface area contributed by atoms with Crippen LogP contribution in [0, 0.1) is 0 Å². The standard InChI is InChI=1S/C24H28N4O2/c1-17-9-7-8-16-28(17)23-20-12-5-4-11-19(20)22(26-27-23)24(29)25-15-14-18-10-3-6-13-21(18)30-2/h3-6,10-13,17H,7-9,14-16H2,1-2H3,(H,25,29). The van der Waals surface area contributed by atoms with E-state index in [1.165, 1.54) is 6.42 Å². The van der Waals surface area contributed by atoms with Crippen molar-refractivity contribution in [2.24, 2.45) is 0 Å². The maximum absolute atomic E-state index is 12.9. The molecule has 0 saturated carbocycles. The zero-order valence-corrected chi connectivity index (χ0v) is 17.6. The highest BCUT2D eigenvalue weighted by molar-refractivity contribution is 6.07. The van der Waals surface area contributed by atoms with Gasteiger partial charge in [-0.2, -0.15) is 0 Å². The van der Waals surface area contributed by atoms with Gasteiger partial charge in [-0.1, -0.05) is 42.5 Å². The molecule has 1 saturated heterocycles. The van der Waals surface area contributed by atoms with Crippen molar-refractivity contribution in [3.8, 4) is 5.75 Å². The number of hydrogen-bond donors (Lipinski definition) is 1. The summed E-state index contributed by atoms with van der Waals surface area (Å²) in [4.78, 5) is 15.2. The molecule has 1 aliphatic heterocycles. The van der Waals surface area contributed by atoms with Gasteiger partial charge in [0, 0.05) is 29.9 Å². The molecule has 156 valence electrons. The molecule has 1 unspecified atom stereocenters. The second-order valence-electron chi connectivity index (χ2n) is 7.77. The van der Waals surface area contributed by atoms with Gasteiger partial charge in [-0.05, 0) is 44.2 Å². The van der Waals surface area contributed by atoms with Crippen molar-refractivity contribution in [2.75, 3.05) is 25.1 Å². The highest BCUT2D eigenvalue weighted by Crippen LogP contribution is 2.30. The molecule has 2 aromatic carbocycles. The second kappa shape index (κ2) is 9.11. The van der Waals surface area contributed by atoms with Gasteiger partial charge in [0.15, 0.2) is 11.5 Å². The Balaban J connectivity index is 1.54. The van der Waals surface area contributed by atoms with Crippen LogP contribution in [0.25, 0.3) is 10.8 Å². The fraction of sp³-hybridized carbons (Fsp3) is 0.375. The first-order valence-electron chi connectivity index (χ1n) is 10.6. The van der Waals surface area contributed by atoms with Gasteiger partial charge in [-0.25, -0.2) is 0 Å². The summed E-state index contributed by atoms with van der Waals surface area (Å²) in [6.45, 7) is 3.71. The van der Waals surface area contributed by atoms with Crippen molar-refractivity contribution in [1.82, 2.24) is 15.5 Å². The van der Waals surface area contributed by atoms with Crippen LogP contribution in [0.1, 0.15) is 42.2 Å². The first kappa shape index (κ1) is 20.1. The Labute approximate surface area is 177 Å². The van der Waals surface area contributed by atoms with E-state index in [0.717, 1.165) is 47.3 Å². The number of ether oxygens (including phenoxy) is 1. The number of benzene rings is 2. The van der Waals surface area contributed by atoms with Gasteiger partial charge in [0.1, 0.15) is 5.75 Å². The first-order chi connectivity index (χ1) is 14.7. The number of para-hydroxylation sites is 1. The van der Waals surface area contributed by atoms with Crippen LogP contribution < -0.4 is 15.0 Å². The van der Waals surface area contributed by atoms with Crippen LogP contribution in [0.15, 0.2) is 48.5 Å². The number of fused-ring (bicyclic) bond motifs is 1. The smallest absolute Gasteiger partial charge is 0.272 e. The highest BCUT2D eigenvalue weighted by atomic mass is 16.5. The Morgan fingerprint density at radius 2 is 1.87 bits per heavy atom. The number of rotatable bonds is 6. The summed E-state index contributed by atoms with van der Waals surface area (Å²) in [5.41, 5.74) is 1.43. The molecule has 0 aliphatic carbocycles. The number of anilines is 1. The topological polar surface area (TPSA) is 67.3 Å². The van der Waals surface area contributed by atoms with E-state index in [1.807, 2.05) is 48.5 Å². The van der Waals surface area contributed by atoms with E-state index in [4.69, 9.17) is 4.74 Å². The maximum Gasteiger partial charge on any atom is 0.272 e. The van der Waals surface area contributed by atoms with E-state index < -0.39 is 0 Å². The number of carbonyl (C=O) groups is 1. The summed E-state index contributed by atoms with van der Waals surface area (Å²) in [7, 11) is 1.66. The van der Waals surface area contributed by atoms with E-state index in [9.17, 15) is 4.79 Å². The number of methoxy groups -OCH3 is 1. The Bertz CT molecular complexity index is 1040. The van der Waals surface area contributed by atoms with Crippen LogP contribution in [0.4, 0.5) is 5.82 Å². The lowest BCUT2D eigenvalue weighted by Crippen LogP contribution is -2.38. The number of hydrogen-bond acceptors (Lipinski definition) is 5. The van der Waals surface area contributed by atoms with E-state index in [2.05, 4.69) is 27.3 Å². The Hall–Kier alpha value is -3.15. The third-order valence-electron chi connectivity index (χ3n) is 5.83. The third kappa shape index (κ3) is 4.08.